The van der Waals surface area contributed by atoms with Crippen molar-refractivity contribution in [3.05, 3.63) is 42.5 Å². The highest BCUT2D eigenvalue weighted by Crippen LogP contribution is 2.29. The van der Waals surface area contributed by atoms with Crippen molar-refractivity contribution in [3.8, 4) is 11.5 Å². The van der Waals surface area contributed by atoms with E-state index in [1.165, 1.54) is 39.5 Å². The van der Waals surface area contributed by atoms with Crippen LogP contribution in [-0.4, -0.2) is 52.2 Å². The van der Waals surface area contributed by atoms with Crippen molar-refractivity contribution in [2.24, 2.45) is 5.10 Å². The minimum Gasteiger partial charge on any atom is -0.497 e. The summed E-state index contributed by atoms with van der Waals surface area (Å²) >= 11 is 0. The quantitative estimate of drug-likeness (QED) is 0.670. The van der Waals surface area contributed by atoms with E-state index in [4.69, 9.17) is 9.47 Å². The molecule has 0 bridgehead atoms. The second kappa shape index (κ2) is 9.04. The second-order valence-electron chi connectivity index (χ2n) is 6.62. The van der Waals surface area contributed by atoms with Gasteiger partial charge in [-0.1, -0.05) is 0 Å². The van der Waals surface area contributed by atoms with Gasteiger partial charge in [0, 0.05) is 31.3 Å². The van der Waals surface area contributed by atoms with Crippen LogP contribution in [-0.2, 0) is 19.6 Å². The lowest BCUT2D eigenvalue weighted by atomic mass is 10.1. The molecule has 0 fully saturated rings. The first kappa shape index (κ1) is 22.1. The molecule has 0 spiro atoms. The van der Waals surface area contributed by atoms with Crippen LogP contribution in [0.25, 0.3) is 0 Å². The predicted molar refractivity (Wildman–Crippen MR) is 115 cm³/mol. The van der Waals surface area contributed by atoms with Crippen LogP contribution in [0.5, 0.6) is 11.5 Å². The average Bonchev–Trinajstić information content (AvgIpc) is 2.76. The third-order valence-electron chi connectivity index (χ3n) is 4.52. The molecule has 31 heavy (non-hydrogen) atoms. The molecule has 0 atom stereocenters. The lowest BCUT2D eigenvalue weighted by Gasteiger charge is -2.19. The fourth-order valence-corrected chi connectivity index (χ4v) is 4.12. The smallest absolute Gasteiger partial charge is 0.271 e. The second-order valence-corrected chi connectivity index (χ2v) is 8.27. The number of hydrazone groups is 1. The van der Waals surface area contributed by atoms with Gasteiger partial charge in [-0.3, -0.25) is 14.3 Å². The summed E-state index contributed by atoms with van der Waals surface area (Å²) in [7, 11) is 0.308. The number of nitrogens with one attached hydrogen (secondary N) is 2. The van der Waals surface area contributed by atoms with Gasteiger partial charge in [-0.05, 0) is 42.5 Å². The Hall–Kier alpha value is -3.60. The van der Waals surface area contributed by atoms with Gasteiger partial charge in [0.1, 0.15) is 22.1 Å². The van der Waals surface area contributed by atoms with Crippen molar-refractivity contribution in [1.82, 2.24) is 5.01 Å². The fourth-order valence-electron chi connectivity index (χ4n) is 2.87. The number of methoxy groups -OCH3 is 2. The Kier molecular flexibility index (Phi) is 6.44. The number of nitrogens with zero attached hydrogens (tertiary/aromatic N) is 2. The lowest BCUT2D eigenvalue weighted by Crippen LogP contribution is -2.34. The molecule has 0 saturated heterocycles. The van der Waals surface area contributed by atoms with Gasteiger partial charge in [-0.2, -0.15) is 5.10 Å². The van der Waals surface area contributed by atoms with Gasteiger partial charge in [-0.15, -0.1) is 0 Å². The Morgan fingerprint density at radius 2 is 1.71 bits per heavy atom. The molecule has 1 heterocycles. The summed E-state index contributed by atoms with van der Waals surface area (Å²) in [5.41, 5.74) is 0.753. The van der Waals surface area contributed by atoms with Crippen molar-refractivity contribution in [2.45, 2.75) is 17.7 Å². The molecule has 11 heteroatoms. The Morgan fingerprint density at radius 3 is 2.32 bits per heavy atom. The van der Waals surface area contributed by atoms with E-state index in [0.717, 1.165) is 5.01 Å². The Morgan fingerprint density at radius 1 is 1.03 bits per heavy atom. The monoisotopic (exact) mass is 446 g/mol. The zero-order valence-electron chi connectivity index (χ0n) is 17.2. The number of benzene rings is 2. The predicted octanol–water partition coefficient (Wildman–Crippen LogP) is 2.05. The van der Waals surface area contributed by atoms with Gasteiger partial charge in [0.25, 0.3) is 15.9 Å². The summed E-state index contributed by atoms with van der Waals surface area (Å²) in [6, 6.07) is 10.6. The number of anilines is 2. The van der Waals surface area contributed by atoms with Crippen LogP contribution in [0.15, 0.2) is 52.5 Å². The summed E-state index contributed by atoms with van der Waals surface area (Å²) in [5.74, 6) is -0.00230. The van der Waals surface area contributed by atoms with Crippen molar-refractivity contribution in [1.29, 1.82) is 0 Å². The highest BCUT2D eigenvalue weighted by atomic mass is 32.2. The van der Waals surface area contributed by atoms with E-state index in [1.807, 2.05) is 0 Å². The van der Waals surface area contributed by atoms with Crippen LogP contribution in [0.3, 0.4) is 0 Å². The molecule has 0 aliphatic carbocycles. The van der Waals surface area contributed by atoms with Crippen molar-refractivity contribution < 1.29 is 27.5 Å². The van der Waals surface area contributed by atoms with E-state index < -0.39 is 15.9 Å². The zero-order chi connectivity index (χ0) is 22.6. The molecule has 0 saturated carbocycles. The summed E-state index contributed by atoms with van der Waals surface area (Å²) < 4.78 is 38.6. The van der Waals surface area contributed by atoms with Crippen LogP contribution in [0.1, 0.15) is 12.8 Å². The maximum atomic E-state index is 13.0. The van der Waals surface area contributed by atoms with E-state index in [2.05, 4.69) is 15.1 Å². The minimum atomic E-state index is -4.03. The Labute approximate surface area is 179 Å². The van der Waals surface area contributed by atoms with E-state index >= 15 is 0 Å². The first-order chi connectivity index (χ1) is 14.7. The molecule has 2 aromatic rings. The van der Waals surface area contributed by atoms with E-state index in [-0.39, 0.29) is 40.8 Å². The third kappa shape index (κ3) is 5.12. The highest BCUT2D eigenvalue weighted by Gasteiger charge is 2.24. The first-order valence-electron chi connectivity index (χ1n) is 9.24. The van der Waals surface area contributed by atoms with Crippen LogP contribution >= 0.6 is 0 Å². The maximum absolute atomic E-state index is 13.0. The normalized spacial score (nSPS) is 14.0. The average molecular weight is 446 g/mol. The molecule has 3 rings (SSSR count). The zero-order valence-corrected chi connectivity index (χ0v) is 18.0. The fraction of sp³-hybridized carbons (Fsp3) is 0.250. The highest BCUT2D eigenvalue weighted by molar-refractivity contribution is 7.92. The lowest BCUT2D eigenvalue weighted by molar-refractivity contribution is -0.130. The molecule has 2 N–H and O–H groups in total. The third-order valence-corrected chi connectivity index (χ3v) is 5.93. The van der Waals surface area contributed by atoms with Gasteiger partial charge < -0.3 is 14.8 Å². The maximum Gasteiger partial charge on any atom is 0.271 e. The molecule has 1 aliphatic rings. The molecule has 0 radical (unpaired) electrons. The number of sulfonamides is 1. The largest absolute Gasteiger partial charge is 0.497 e. The Balaban J connectivity index is 1.85. The van der Waals surface area contributed by atoms with Crippen LogP contribution in [0.4, 0.5) is 11.4 Å². The summed E-state index contributed by atoms with van der Waals surface area (Å²) in [6.45, 7) is 0. The minimum absolute atomic E-state index is 0.111. The molecule has 164 valence electrons. The molecule has 0 aromatic heterocycles. The SMILES string of the molecule is COc1ccc(NS(=O)(=O)c2cc(NC(=O)C3=NN(C)C(=O)CC3)ccc2OC)cc1. The van der Waals surface area contributed by atoms with Gasteiger partial charge in [0.2, 0.25) is 5.91 Å². The summed E-state index contributed by atoms with van der Waals surface area (Å²) in [4.78, 5) is 23.9. The number of amides is 2. The molecule has 0 unspecified atom stereocenters. The van der Waals surface area contributed by atoms with Crippen LogP contribution in [0.2, 0.25) is 0 Å². The number of hydrogen-bond acceptors (Lipinski definition) is 7. The number of rotatable bonds is 7. The number of hydrogen-bond donors (Lipinski definition) is 2. The molecular weight excluding hydrogens is 424 g/mol. The van der Waals surface area contributed by atoms with E-state index in [9.17, 15) is 18.0 Å². The van der Waals surface area contributed by atoms with Crippen molar-refractivity contribution in [3.63, 3.8) is 0 Å². The molecular formula is C20H22N4O6S. The summed E-state index contributed by atoms with van der Waals surface area (Å²) in [6.07, 6.45) is 0.381. The number of carbonyl (C=O) groups excluding carboxylic acids is 2. The molecule has 10 nitrogen and oxygen atoms in total. The molecule has 2 amide bonds. The van der Waals surface area contributed by atoms with Crippen LogP contribution in [0, 0.1) is 0 Å². The number of carbonyl (C=O) groups is 2. The van der Waals surface area contributed by atoms with Gasteiger partial charge in [0.15, 0.2) is 0 Å². The van der Waals surface area contributed by atoms with Crippen molar-refractivity contribution >= 4 is 38.9 Å². The van der Waals surface area contributed by atoms with Gasteiger partial charge in [-0.25, -0.2) is 13.4 Å². The topological polar surface area (TPSA) is 126 Å². The molecule has 1 aliphatic heterocycles. The van der Waals surface area contributed by atoms with Gasteiger partial charge >= 0.3 is 0 Å². The van der Waals surface area contributed by atoms with Crippen LogP contribution < -0.4 is 19.5 Å². The van der Waals surface area contributed by atoms with Gasteiger partial charge in [0.05, 0.1) is 14.2 Å². The van der Waals surface area contributed by atoms with E-state index in [0.29, 0.717) is 11.4 Å². The van der Waals surface area contributed by atoms with E-state index in [1.54, 1.807) is 24.3 Å². The first-order valence-corrected chi connectivity index (χ1v) is 10.7. The Bertz CT molecular complexity index is 1130. The molecule has 2 aromatic carbocycles. The number of ether oxygens (including phenoxy) is 2. The standard InChI is InChI=1S/C20H22N4O6S/c1-24-19(25)11-9-16(22-24)20(26)21-14-6-10-17(30-3)18(12-14)31(27,28)23-13-4-7-15(29-2)8-5-13/h4-8,10,12,23H,9,11H2,1-3H3,(H,21,26). The van der Waals surface area contributed by atoms with Crippen molar-refractivity contribution in [2.75, 3.05) is 31.3 Å². The summed E-state index contributed by atoms with van der Waals surface area (Å²) in [5, 5.41) is 7.69.